The molecule has 0 bridgehead atoms. The van der Waals surface area contributed by atoms with Crippen LogP contribution in [0.5, 0.6) is 0 Å². The molecular weight excluding hydrogens is 694 g/mol. The van der Waals surface area contributed by atoms with E-state index < -0.39 is 5.60 Å². The summed E-state index contributed by atoms with van der Waals surface area (Å²) in [5, 5.41) is 8.98. The molecule has 0 radical (unpaired) electrons. The normalized spacial score (nSPS) is 15.8. The lowest BCUT2D eigenvalue weighted by atomic mass is 9.92. The van der Waals surface area contributed by atoms with Gasteiger partial charge in [0, 0.05) is 73.7 Å². The first-order valence-corrected chi connectivity index (χ1v) is 17.7. The Labute approximate surface area is 289 Å². The lowest BCUT2D eigenvalue weighted by molar-refractivity contribution is -0.132. The Morgan fingerprint density at radius 1 is 1.07 bits per heavy atom. The Kier molecular flexibility index (Phi) is 12.2. The summed E-state index contributed by atoms with van der Waals surface area (Å²) >= 11 is 11.5. The Morgan fingerprint density at radius 2 is 1.67 bits per heavy atom. The molecule has 0 saturated carbocycles. The van der Waals surface area contributed by atoms with Crippen molar-refractivity contribution in [3.05, 3.63) is 53.6 Å². The Balaban J connectivity index is 1.30. The lowest BCUT2D eigenvalue weighted by Gasteiger charge is -2.33. The van der Waals surface area contributed by atoms with E-state index in [1.165, 1.54) is 18.4 Å². The van der Waals surface area contributed by atoms with E-state index in [9.17, 15) is 19.2 Å². The van der Waals surface area contributed by atoms with Crippen molar-refractivity contribution in [2.45, 2.75) is 91.6 Å². The minimum absolute atomic E-state index is 0.0470. The third-order valence-electron chi connectivity index (χ3n) is 8.41. The van der Waals surface area contributed by atoms with Gasteiger partial charge in [0.2, 0.25) is 5.91 Å². The highest BCUT2D eigenvalue weighted by atomic mass is 79.9. The summed E-state index contributed by atoms with van der Waals surface area (Å²) in [6.45, 7) is 12.5. The average molecular weight is 739 g/mol. The van der Waals surface area contributed by atoms with E-state index in [0.717, 1.165) is 49.6 Å². The maximum atomic E-state index is 13.3. The highest BCUT2D eigenvalue weighted by Gasteiger charge is 2.30. The fraction of sp³-hybridized carbons (Fsp3) is 0.576. The standard InChI is InChI=1S/C33H45BrClN5O5S/c1-19(37-16-26-28(34)20(2)46-29(26)35)15-38-31(43)25-14-23-18-40(17-22(23)13-24(25)30(42)36-6)27(41)8-7-21-9-11-39(12-10-21)32(44)45-33(3,4)5/h13-14,19,21,37H,7-12,15-18H2,1-6H3,(H,36,42)(H,38,43)/t19-/m1/s1. The molecule has 10 nitrogen and oxygen atoms in total. The largest absolute Gasteiger partial charge is 0.444 e. The third-order valence-corrected chi connectivity index (χ3v) is 11.1. The number of nitrogens with one attached hydrogen (secondary N) is 3. The van der Waals surface area contributed by atoms with Crippen LogP contribution in [0.3, 0.4) is 0 Å². The predicted octanol–water partition coefficient (Wildman–Crippen LogP) is 6.01. The smallest absolute Gasteiger partial charge is 0.410 e. The van der Waals surface area contributed by atoms with Crippen LogP contribution >= 0.6 is 38.9 Å². The van der Waals surface area contributed by atoms with Crippen LogP contribution in [0.2, 0.25) is 4.34 Å². The van der Waals surface area contributed by atoms with Crippen molar-refractivity contribution >= 4 is 62.7 Å². The van der Waals surface area contributed by atoms with Gasteiger partial charge in [-0.1, -0.05) is 11.6 Å². The van der Waals surface area contributed by atoms with E-state index in [1.807, 2.05) is 34.6 Å². The molecular formula is C33H45BrClN5O5S. The number of benzene rings is 1. The summed E-state index contributed by atoms with van der Waals surface area (Å²) in [6.07, 6.45) is 2.57. The Bertz CT molecular complexity index is 1470. The van der Waals surface area contributed by atoms with Crippen LogP contribution in [0.4, 0.5) is 4.79 Å². The zero-order chi connectivity index (χ0) is 33.8. The number of likely N-dealkylation sites (tertiary alicyclic amines) is 1. The summed E-state index contributed by atoms with van der Waals surface area (Å²) < 4.78 is 7.21. The number of aryl methyl sites for hydroxylation is 1. The summed E-state index contributed by atoms with van der Waals surface area (Å²) in [5.41, 5.74) is 2.79. The second-order valence-electron chi connectivity index (χ2n) is 13.2. The second kappa shape index (κ2) is 15.5. The van der Waals surface area contributed by atoms with Gasteiger partial charge >= 0.3 is 6.09 Å². The van der Waals surface area contributed by atoms with Gasteiger partial charge in [0.15, 0.2) is 0 Å². The van der Waals surface area contributed by atoms with Gasteiger partial charge in [-0.3, -0.25) is 14.4 Å². The highest BCUT2D eigenvalue weighted by molar-refractivity contribution is 9.10. The van der Waals surface area contributed by atoms with Gasteiger partial charge in [0.1, 0.15) is 5.60 Å². The fourth-order valence-corrected chi connectivity index (χ4v) is 7.84. The molecule has 1 saturated heterocycles. The number of amides is 4. The fourth-order valence-electron chi connectivity index (χ4n) is 5.73. The molecule has 4 amide bonds. The third kappa shape index (κ3) is 9.23. The monoisotopic (exact) mass is 737 g/mol. The second-order valence-corrected chi connectivity index (χ2v) is 15.8. The summed E-state index contributed by atoms with van der Waals surface area (Å²) in [4.78, 5) is 56.4. The maximum Gasteiger partial charge on any atom is 0.410 e. The average Bonchev–Trinajstić information content (AvgIpc) is 3.54. The van der Waals surface area contributed by atoms with Crippen molar-refractivity contribution in [3.8, 4) is 0 Å². The molecule has 2 aliphatic heterocycles. The number of thiophene rings is 1. The molecule has 1 aromatic carbocycles. The first-order chi connectivity index (χ1) is 21.7. The topological polar surface area (TPSA) is 120 Å². The molecule has 4 rings (SSSR count). The van der Waals surface area contributed by atoms with E-state index in [4.69, 9.17) is 16.3 Å². The number of fused-ring (bicyclic) bond motifs is 1. The van der Waals surface area contributed by atoms with Crippen LogP contribution in [0.15, 0.2) is 16.6 Å². The van der Waals surface area contributed by atoms with E-state index in [-0.39, 0.29) is 41.0 Å². The minimum Gasteiger partial charge on any atom is -0.444 e. The number of hydrogen-bond acceptors (Lipinski definition) is 7. The molecule has 0 unspecified atom stereocenters. The van der Waals surface area contributed by atoms with Crippen molar-refractivity contribution in [2.24, 2.45) is 5.92 Å². The van der Waals surface area contributed by atoms with Gasteiger partial charge in [-0.25, -0.2) is 4.79 Å². The van der Waals surface area contributed by atoms with E-state index in [2.05, 4.69) is 31.9 Å². The summed E-state index contributed by atoms with van der Waals surface area (Å²) in [7, 11) is 1.53. The number of piperidine rings is 1. The van der Waals surface area contributed by atoms with Crippen molar-refractivity contribution in [2.75, 3.05) is 26.7 Å². The first kappa shape index (κ1) is 36.2. The van der Waals surface area contributed by atoms with E-state index in [1.54, 1.807) is 21.9 Å². The molecule has 0 spiro atoms. The van der Waals surface area contributed by atoms with Crippen LogP contribution < -0.4 is 16.0 Å². The van der Waals surface area contributed by atoms with E-state index in [0.29, 0.717) is 51.6 Å². The predicted molar refractivity (Wildman–Crippen MR) is 184 cm³/mol. The molecule has 3 heterocycles. The highest BCUT2D eigenvalue weighted by Crippen LogP contribution is 2.36. The van der Waals surface area contributed by atoms with Crippen LogP contribution in [0.25, 0.3) is 0 Å². The minimum atomic E-state index is -0.521. The van der Waals surface area contributed by atoms with Crippen molar-refractivity contribution < 1.29 is 23.9 Å². The van der Waals surface area contributed by atoms with Gasteiger partial charge in [-0.2, -0.15) is 0 Å². The molecule has 1 fully saturated rings. The zero-order valence-electron chi connectivity index (χ0n) is 27.5. The zero-order valence-corrected chi connectivity index (χ0v) is 30.6. The van der Waals surface area contributed by atoms with E-state index >= 15 is 0 Å². The molecule has 46 heavy (non-hydrogen) atoms. The van der Waals surface area contributed by atoms with Gasteiger partial charge in [-0.15, -0.1) is 11.3 Å². The van der Waals surface area contributed by atoms with Crippen LogP contribution in [0.1, 0.15) is 95.7 Å². The van der Waals surface area contributed by atoms with Crippen molar-refractivity contribution in [1.82, 2.24) is 25.8 Å². The summed E-state index contributed by atoms with van der Waals surface area (Å²) in [5.74, 6) is -0.282. The maximum absolute atomic E-state index is 13.3. The molecule has 2 aliphatic rings. The SMILES string of the molecule is CNC(=O)c1cc2c(cc1C(=O)NC[C@@H](C)NCc1c(Cl)sc(C)c1Br)CN(C(=O)CCC1CCN(C(=O)OC(C)(C)C)CC1)C2. The number of rotatable bonds is 10. The lowest BCUT2D eigenvalue weighted by Crippen LogP contribution is -2.41. The summed E-state index contributed by atoms with van der Waals surface area (Å²) in [6, 6.07) is 3.43. The number of nitrogens with zero attached hydrogens (tertiary/aromatic N) is 2. The Hall–Kier alpha value is -2.67. The molecule has 13 heteroatoms. The molecule has 1 aromatic heterocycles. The number of halogens is 2. The molecule has 1 atom stereocenters. The molecule has 252 valence electrons. The van der Waals surface area contributed by atoms with Gasteiger partial charge in [-0.05, 0) is 99.0 Å². The van der Waals surface area contributed by atoms with Gasteiger partial charge in [0.25, 0.3) is 11.8 Å². The quantitative estimate of drug-likeness (QED) is 0.275. The first-order valence-electron chi connectivity index (χ1n) is 15.7. The van der Waals surface area contributed by atoms with Crippen molar-refractivity contribution in [3.63, 3.8) is 0 Å². The molecule has 2 aromatic rings. The Morgan fingerprint density at radius 3 is 2.22 bits per heavy atom. The number of ether oxygens (including phenoxy) is 1. The van der Waals surface area contributed by atoms with Crippen LogP contribution in [-0.4, -0.2) is 71.9 Å². The van der Waals surface area contributed by atoms with Crippen LogP contribution in [0, 0.1) is 12.8 Å². The molecule has 0 aliphatic carbocycles. The number of carbonyl (C=O) groups excluding carboxylic acids is 4. The van der Waals surface area contributed by atoms with Gasteiger partial charge < -0.3 is 30.5 Å². The van der Waals surface area contributed by atoms with Gasteiger partial charge in [0.05, 0.1) is 15.5 Å². The van der Waals surface area contributed by atoms with Crippen molar-refractivity contribution in [1.29, 1.82) is 0 Å². The number of hydrogen-bond donors (Lipinski definition) is 3. The number of carbonyl (C=O) groups is 4. The molecule has 3 N–H and O–H groups in total. The van der Waals surface area contributed by atoms with Crippen LogP contribution in [-0.2, 0) is 29.2 Å².